The van der Waals surface area contributed by atoms with Gasteiger partial charge in [-0.2, -0.15) is 0 Å². The second kappa shape index (κ2) is 3.50. The van der Waals surface area contributed by atoms with Crippen LogP contribution in [-0.4, -0.2) is 0 Å². The van der Waals surface area contributed by atoms with E-state index in [1.807, 2.05) is 0 Å². The first-order chi connectivity index (χ1) is 7.28. The molecule has 1 aliphatic rings. The fourth-order valence-electron chi connectivity index (χ4n) is 2.92. The first-order valence-electron chi connectivity index (χ1n) is 5.99. The molecule has 88 valence electrons. The molecule has 0 amide bonds. The summed E-state index contributed by atoms with van der Waals surface area (Å²) in [4.78, 5) is 0. The molecule has 1 unspecified atom stereocenters. The van der Waals surface area contributed by atoms with Crippen molar-refractivity contribution in [2.75, 3.05) is 0 Å². The van der Waals surface area contributed by atoms with Crippen LogP contribution in [0.2, 0.25) is 0 Å². The zero-order valence-electron chi connectivity index (χ0n) is 10.8. The van der Waals surface area contributed by atoms with Crippen LogP contribution in [0, 0.1) is 23.7 Å². The van der Waals surface area contributed by atoms with E-state index in [0.717, 1.165) is 0 Å². The van der Waals surface area contributed by atoms with Crippen LogP contribution in [0.4, 0.5) is 0 Å². The zero-order valence-corrected chi connectivity index (χ0v) is 11.6. The highest BCUT2D eigenvalue weighted by Crippen LogP contribution is 2.73. The van der Waals surface area contributed by atoms with Crippen molar-refractivity contribution < 1.29 is 0 Å². The van der Waals surface area contributed by atoms with E-state index in [-0.39, 0.29) is 5.38 Å². The van der Waals surface area contributed by atoms with Crippen LogP contribution >= 0.6 is 11.6 Å². The predicted molar refractivity (Wildman–Crippen MR) is 70.8 cm³/mol. The molecule has 0 radical (unpaired) electrons. The molecule has 2 rings (SSSR count). The summed E-state index contributed by atoms with van der Waals surface area (Å²) in [7, 11) is 0. The van der Waals surface area contributed by atoms with Gasteiger partial charge in [0, 0.05) is 0 Å². The minimum Gasteiger partial charge on any atom is -0.117 e. The minimum absolute atomic E-state index is 0.144. The lowest BCUT2D eigenvalue weighted by molar-refractivity contribution is 0.457. The van der Waals surface area contributed by atoms with Gasteiger partial charge in [0.2, 0.25) is 0 Å². The first-order valence-corrected chi connectivity index (χ1v) is 6.43. The predicted octanol–water partition coefficient (Wildman–Crippen LogP) is 4.96. The monoisotopic (exact) mass is 236 g/mol. The molecule has 0 nitrogen and oxygen atoms in total. The Morgan fingerprint density at radius 3 is 1.81 bits per heavy atom. The van der Waals surface area contributed by atoms with Crippen molar-refractivity contribution in [1.29, 1.82) is 0 Å². The van der Waals surface area contributed by atoms with Gasteiger partial charge in [0.1, 0.15) is 0 Å². The van der Waals surface area contributed by atoms with E-state index < -0.39 is 0 Å². The van der Waals surface area contributed by atoms with Crippen LogP contribution < -0.4 is 0 Å². The Kier molecular flexibility index (Phi) is 2.62. The Bertz CT molecular complexity index is 372. The van der Waals surface area contributed by atoms with Crippen LogP contribution in [0.5, 0.6) is 0 Å². The molecular weight excluding hydrogens is 216 g/mol. The number of benzene rings is 1. The summed E-state index contributed by atoms with van der Waals surface area (Å²) >= 11 is 6.62. The summed E-state index contributed by atoms with van der Waals surface area (Å²) in [6, 6.07) is 8.62. The maximum absolute atomic E-state index is 6.62. The lowest BCUT2D eigenvalue weighted by Gasteiger charge is -2.12. The SMILES string of the molecule is Cc1ccc(C(Cl)C2C(C)(C)C2(C)C)cc1. The summed E-state index contributed by atoms with van der Waals surface area (Å²) in [5, 5.41) is 0.144. The lowest BCUT2D eigenvalue weighted by Crippen LogP contribution is -1.99. The van der Waals surface area contributed by atoms with Crippen molar-refractivity contribution in [3.05, 3.63) is 35.4 Å². The van der Waals surface area contributed by atoms with Gasteiger partial charge in [0.25, 0.3) is 0 Å². The molecule has 16 heavy (non-hydrogen) atoms. The van der Waals surface area contributed by atoms with Crippen LogP contribution in [0.25, 0.3) is 0 Å². The van der Waals surface area contributed by atoms with Gasteiger partial charge in [-0.25, -0.2) is 0 Å². The van der Waals surface area contributed by atoms with Crippen LogP contribution in [0.3, 0.4) is 0 Å². The molecule has 0 spiro atoms. The fraction of sp³-hybridized carbons (Fsp3) is 0.600. The third kappa shape index (κ3) is 1.59. The van der Waals surface area contributed by atoms with E-state index in [1.165, 1.54) is 11.1 Å². The molecule has 1 atom stereocenters. The standard InChI is InChI=1S/C15H21Cl/c1-10-6-8-11(9-7-10)12(16)13-14(2,3)15(13,4)5/h6-9,12-13H,1-5H3. The van der Waals surface area contributed by atoms with Gasteiger partial charge in [-0.05, 0) is 29.2 Å². The zero-order chi connectivity index (χ0) is 12.1. The molecule has 1 aromatic rings. The summed E-state index contributed by atoms with van der Waals surface area (Å²) in [6.45, 7) is 11.4. The van der Waals surface area contributed by atoms with Crippen molar-refractivity contribution in [1.82, 2.24) is 0 Å². The highest BCUT2D eigenvalue weighted by atomic mass is 35.5. The average Bonchev–Trinajstić information content (AvgIpc) is 2.57. The van der Waals surface area contributed by atoms with Gasteiger partial charge in [0.05, 0.1) is 5.38 Å². The van der Waals surface area contributed by atoms with E-state index in [2.05, 4.69) is 58.9 Å². The maximum Gasteiger partial charge on any atom is 0.0624 e. The Balaban J connectivity index is 2.22. The third-order valence-corrected chi connectivity index (χ3v) is 5.32. The van der Waals surface area contributed by atoms with E-state index >= 15 is 0 Å². The maximum atomic E-state index is 6.62. The van der Waals surface area contributed by atoms with E-state index in [4.69, 9.17) is 11.6 Å². The second-order valence-corrected chi connectivity index (χ2v) is 6.70. The summed E-state index contributed by atoms with van der Waals surface area (Å²) in [5.74, 6) is 0.573. The quantitative estimate of drug-likeness (QED) is 0.637. The number of rotatable bonds is 2. The van der Waals surface area contributed by atoms with Crippen LogP contribution in [0.1, 0.15) is 44.2 Å². The molecule has 0 aliphatic heterocycles. The highest BCUT2D eigenvalue weighted by Gasteiger charge is 2.67. The molecule has 1 aromatic carbocycles. The van der Waals surface area contributed by atoms with E-state index in [9.17, 15) is 0 Å². The Hall–Kier alpha value is -0.490. The molecule has 0 heterocycles. The Morgan fingerprint density at radius 2 is 1.44 bits per heavy atom. The smallest absolute Gasteiger partial charge is 0.0624 e. The van der Waals surface area contributed by atoms with Crippen molar-refractivity contribution in [2.24, 2.45) is 16.7 Å². The lowest BCUT2D eigenvalue weighted by atomic mass is 10.0. The first kappa shape index (κ1) is 12.0. The second-order valence-electron chi connectivity index (χ2n) is 6.23. The van der Waals surface area contributed by atoms with Gasteiger partial charge in [-0.15, -0.1) is 11.6 Å². The molecule has 0 bridgehead atoms. The summed E-state index contributed by atoms with van der Waals surface area (Å²) in [6.07, 6.45) is 0. The topological polar surface area (TPSA) is 0 Å². The molecule has 1 aliphatic carbocycles. The van der Waals surface area contributed by atoms with Gasteiger partial charge in [-0.1, -0.05) is 57.5 Å². The van der Waals surface area contributed by atoms with Crippen molar-refractivity contribution in [3.8, 4) is 0 Å². The molecule has 0 saturated heterocycles. The number of aryl methyl sites for hydroxylation is 1. The van der Waals surface area contributed by atoms with Gasteiger partial charge in [0.15, 0.2) is 0 Å². The molecule has 1 heteroatoms. The van der Waals surface area contributed by atoms with Crippen molar-refractivity contribution in [2.45, 2.75) is 40.0 Å². The number of halogens is 1. The fourth-order valence-corrected chi connectivity index (χ4v) is 3.70. The van der Waals surface area contributed by atoms with Gasteiger partial charge >= 0.3 is 0 Å². The molecule has 1 fully saturated rings. The molecule has 0 N–H and O–H groups in total. The summed E-state index contributed by atoms with van der Waals surface area (Å²) in [5.41, 5.74) is 3.26. The largest absolute Gasteiger partial charge is 0.117 e. The molecule has 1 saturated carbocycles. The number of alkyl halides is 1. The van der Waals surface area contributed by atoms with Gasteiger partial charge in [-0.3, -0.25) is 0 Å². The Morgan fingerprint density at radius 1 is 1.00 bits per heavy atom. The average molecular weight is 237 g/mol. The van der Waals surface area contributed by atoms with Crippen molar-refractivity contribution >= 4 is 11.6 Å². The highest BCUT2D eigenvalue weighted by molar-refractivity contribution is 6.21. The third-order valence-electron chi connectivity index (χ3n) is 4.82. The van der Waals surface area contributed by atoms with Crippen LogP contribution in [0.15, 0.2) is 24.3 Å². The minimum atomic E-state index is 0.144. The van der Waals surface area contributed by atoms with E-state index in [1.54, 1.807) is 0 Å². The van der Waals surface area contributed by atoms with Gasteiger partial charge < -0.3 is 0 Å². The number of hydrogen-bond donors (Lipinski definition) is 0. The number of hydrogen-bond acceptors (Lipinski definition) is 0. The molecule has 0 aromatic heterocycles. The van der Waals surface area contributed by atoms with Crippen LogP contribution in [-0.2, 0) is 0 Å². The van der Waals surface area contributed by atoms with Crippen molar-refractivity contribution in [3.63, 3.8) is 0 Å². The summed E-state index contributed by atoms with van der Waals surface area (Å²) < 4.78 is 0. The van der Waals surface area contributed by atoms with E-state index in [0.29, 0.717) is 16.7 Å². The molecular formula is C15H21Cl. The Labute approximate surface area is 104 Å². The normalized spacial score (nSPS) is 24.1.